The molecule has 164 valence electrons. The first-order chi connectivity index (χ1) is 15.0. The van der Waals surface area contributed by atoms with Crippen LogP contribution in [0.5, 0.6) is 5.75 Å². The van der Waals surface area contributed by atoms with Crippen molar-refractivity contribution in [1.82, 2.24) is 10.2 Å². The quantitative estimate of drug-likeness (QED) is 0.684. The van der Waals surface area contributed by atoms with Crippen molar-refractivity contribution in [2.45, 2.75) is 52.0 Å². The third-order valence-electron chi connectivity index (χ3n) is 5.58. The third-order valence-corrected chi connectivity index (χ3v) is 5.58. The number of piperidine rings is 1. The van der Waals surface area contributed by atoms with Gasteiger partial charge >= 0.3 is 0 Å². The molecule has 1 amide bonds. The van der Waals surface area contributed by atoms with Gasteiger partial charge in [-0.05, 0) is 42.0 Å². The maximum Gasteiger partial charge on any atom is 0.261 e. The summed E-state index contributed by atoms with van der Waals surface area (Å²) in [5.74, 6) is 0.185. The molecule has 1 fully saturated rings. The first kappa shape index (κ1) is 22.8. The molecule has 1 aliphatic rings. The number of rotatable bonds is 8. The molecular formula is C25H31N3O3. The first-order valence-electron chi connectivity index (χ1n) is 10.9. The fourth-order valence-electron chi connectivity index (χ4n) is 3.68. The van der Waals surface area contributed by atoms with E-state index >= 15 is 0 Å². The lowest BCUT2D eigenvalue weighted by Crippen LogP contribution is -2.41. The molecule has 0 bridgehead atoms. The van der Waals surface area contributed by atoms with Gasteiger partial charge < -0.3 is 15.2 Å². The molecule has 0 aliphatic carbocycles. The maximum absolute atomic E-state index is 12.8. The molecule has 1 aliphatic heterocycles. The molecule has 6 nitrogen and oxygen atoms in total. The summed E-state index contributed by atoms with van der Waals surface area (Å²) in [5.41, 5.74) is 2.66. The monoisotopic (exact) mass is 421 g/mol. The second-order valence-corrected chi connectivity index (χ2v) is 8.43. The van der Waals surface area contributed by atoms with Crippen molar-refractivity contribution in [3.8, 4) is 11.8 Å². The van der Waals surface area contributed by atoms with Crippen LogP contribution in [0.15, 0.2) is 48.5 Å². The Hall–Kier alpha value is -2.88. The lowest BCUT2D eigenvalue weighted by atomic mass is 10.1. The molecule has 1 saturated heterocycles. The van der Waals surface area contributed by atoms with Crippen molar-refractivity contribution in [3.63, 3.8) is 0 Å². The molecular weight excluding hydrogens is 390 g/mol. The molecule has 0 spiro atoms. The van der Waals surface area contributed by atoms with Crippen molar-refractivity contribution in [3.05, 3.63) is 65.2 Å². The van der Waals surface area contributed by atoms with Crippen molar-refractivity contribution in [1.29, 1.82) is 5.26 Å². The van der Waals surface area contributed by atoms with Gasteiger partial charge in [-0.3, -0.25) is 9.69 Å². The molecule has 0 radical (unpaired) electrons. The van der Waals surface area contributed by atoms with E-state index in [2.05, 4.69) is 28.4 Å². The summed E-state index contributed by atoms with van der Waals surface area (Å²) >= 11 is 0. The summed E-state index contributed by atoms with van der Waals surface area (Å²) in [5, 5.41) is 21.8. The Labute approximate surface area is 184 Å². The zero-order chi connectivity index (χ0) is 22.2. The van der Waals surface area contributed by atoms with Gasteiger partial charge in [-0.2, -0.15) is 5.26 Å². The van der Waals surface area contributed by atoms with Crippen LogP contribution in [0.25, 0.3) is 0 Å². The van der Waals surface area contributed by atoms with Gasteiger partial charge in [-0.25, -0.2) is 0 Å². The summed E-state index contributed by atoms with van der Waals surface area (Å²) in [6.07, 6.45) is 0.835. The van der Waals surface area contributed by atoms with E-state index in [0.717, 1.165) is 38.0 Å². The van der Waals surface area contributed by atoms with Crippen LogP contribution in [-0.2, 0) is 17.9 Å². The van der Waals surface area contributed by atoms with Crippen LogP contribution in [-0.4, -0.2) is 41.2 Å². The highest BCUT2D eigenvalue weighted by Gasteiger charge is 2.25. The van der Waals surface area contributed by atoms with Crippen LogP contribution in [0, 0.1) is 17.2 Å². The van der Waals surface area contributed by atoms with Crippen LogP contribution in [0.2, 0.25) is 0 Å². The Kier molecular flexibility index (Phi) is 8.05. The van der Waals surface area contributed by atoms with Crippen molar-refractivity contribution < 1.29 is 14.6 Å². The van der Waals surface area contributed by atoms with E-state index in [0.29, 0.717) is 17.9 Å². The molecule has 1 heterocycles. The highest BCUT2D eigenvalue weighted by Crippen LogP contribution is 2.21. The lowest BCUT2D eigenvalue weighted by molar-refractivity contribution is -0.130. The van der Waals surface area contributed by atoms with Crippen molar-refractivity contribution in [2.75, 3.05) is 13.1 Å². The lowest BCUT2D eigenvalue weighted by Gasteiger charge is -2.29. The molecule has 3 rings (SSSR count). The zero-order valence-electron chi connectivity index (χ0n) is 18.3. The number of aliphatic hydroxyl groups excluding tert-OH is 1. The van der Waals surface area contributed by atoms with E-state index in [1.807, 2.05) is 26.0 Å². The Balaban J connectivity index is 1.54. The molecule has 0 saturated carbocycles. The fourth-order valence-corrected chi connectivity index (χ4v) is 3.68. The number of para-hydroxylation sites is 1. The summed E-state index contributed by atoms with van der Waals surface area (Å²) in [4.78, 5) is 15.1. The number of nitriles is 1. The SMILES string of the molecule is CC(C)C(Oc1ccccc1C#N)C(=O)NCc1ccc(CN2CCC(O)CC2)cc1. The molecule has 2 aromatic carbocycles. The minimum absolute atomic E-state index is 0.0443. The second-order valence-electron chi connectivity index (χ2n) is 8.43. The predicted octanol–water partition coefficient (Wildman–Crippen LogP) is 3.23. The van der Waals surface area contributed by atoms with Crippen LogP contribution in [0.4, 0.5) is 0 Å². The first-order valence-corrected chi connectivity index (χ1v) is 10.9. The molecule has 2 aromatic rings. The van der Waals surface area contributed by atoms with E-state index in [1.165, 1.54) is 5.56 Å². The number of carbonyl (C=O) groups is 1. The van der Waals surface area contributed by atoms with Crippen molar-refractivity contribution in [2.24, 2.45) is 5.92 Å². The fraction of sp³-hybridized carbons (Fsp3) is 0.440. The summed E-state index contributed by atoms with van der Waals surface area (Å²) in [6.45, 7) is 6.98. The Bertz CT molecular complexity index is 897. The van der Waals surface area contributed by atoms with Gasteiger partial charge in [0.25, 0.3) is 5.91 Å². The standard InChI is InChI=1S/C25H31N3O3/c1-18(2)24(31-23-6-4-3-5-21(23)15-26)25(30)27-16-19-7-9-20(10-8-19)17-28-13-11-22(29)12-14-28/h3-10,18,22,24,29H,11-14,16-17H2,1-2H3,(H,27,30). The average molecular weight is 422 g/mol. The van der Waals surface area contributed by atoms with E-state index in [9.17, 15) is 15.2 Å². The number of nitrogens with one attached hydrogen (secondary N) is 1. The molecule has 6 heteroatoms. The van der Waals surface area contributed by atoms with Gasteiger partial charge in [-0.1, -0.05) is 50.2 Å². The van der Waals surface area contributed by atoms with Gasteiger partial charge in [0.1, 0.15) is 11.8 Å². The number of aliphatic hydroxyl groups is 1. The number of hydrogen-bond donors (Lipinski definition) is 2. The number of benzene rings is 2. The molecule has 1 unspecified atom stereocenters. The van der Waals surface area contributed by atoms with E-state index in [1.54, 1.807) is 24.3 Å². The second kappa shape index (κ2) is 10.9. The molecule has 1 atom stereocenters. The van der Waals surface area contributed by atoms with Gasteiger partial charge in [0.2, 0.25) is 0 Å². The highest BCUT2D eigenvalue weighted by atomic mass is 16.5. The number of ether oxygens (including phenoxy) is 1. The number of hydrogen-bond acceptors (Lipinski definition) is 5. The van der Waals surface area contributed by atoms with Crippen LogP contribution in [0.1, 0.15) is 43.4 Å². The molecule has 0 aromatic heterocycles. The zero-order valence-corrected chi connectivity index (χ0v) is 18.3. The minimum Gasteiger partial charge on any atom is -0.479 e. The Morgan fingerprint density at radius 1 is 1.16 bits per heavy atom. The number of amides is 1. The van der Waals surface area contributed by atoms with Crippen LogP contribution >= 0.6 is 0 Å². The summed E-state index contributed by atoms with van der Waals surface area (Å²) < 4.78 is 5.90. The number of carbonyl (C=O) groups excluding carboxylic acids is 1. The topological polar surface area (TPSA) is 85.6 Å². The maximum atomic E-state index is 12.8. The van der Waals surface area contributed by atoms with E-state index in [-0.39, 0.29) is 17.9 Å². The Morgan fingerprint density at radius 3 is 2.45 bits per heavy atom. The summed E-state index contributed by atoms with van der Waals surface area (Å²) in [7, 11) is 0. The minimum atomic E-state index is -0.678. The van der Waals surface area contributed by atoms with Crippen molar-refractivity contribution >= 4 is 5.91 Å². The van der Waals surface area contributed by atoms with Gasteiger partial charge in [0.15, 0.2) is 6.10 Å². The van der Waals surface area contributed by atoms with E-state index in [4.69, 9.17) is 4.74 Å². The molecule has 31 heavy (non-hydrogen) atoms. The summed E-state index contributed by atoms with van der Waals surface area (Å²) in [6, 6.07) is 17.3. The number of likely N-dealkylation sites (tertiary alicyclic amines) is 1. The average Bonchev–Trinajstić information content (AvgIpc) is 2.78. The molecule has 2 N–H and O–H groups in total. The highest BCUT2D eigenvalue weighted by molar-refractivity contribution is 5.81. The number of nitrogens with zero attached hydrogens (tertiary/aromatic N) is 2. The predicted molar refractivity (Wildman–Crippen MR) is 119 cm³/mol. The van der Waals surface area contributed by atoms with Crippen LogP contribution < -0.4 is 10.1 Å². The largest absolute Gasteiger partial charge is 0.479 e. The van der Waals surface area contributed by atoms with Gasteiger partial charge in [0.05, 0.1) is 11.7 Å². The van der Waals surface area contributed by atoms with Gasteiger partial charge in [-0.15, -0.1) is 0 Å². The normalized spacial score (nSPS) is 16.0. The van der Waals surface area contributed by atoms with Crippen LogP contribution in [0.3, 0.4) is 0 Å². The van der Waals surface area contributed by atoms with Gasteiger partial charge in [0, 0.05) is 26.2 Å². The smallest absolute Gasteiger partial charge is 0.261 e. The van der Waals surface area contributed by atoms with E-state index < -0.39 is 6.10 Å². The Morgan fingerprint density at radius 2 is 1.81 bits per heavy atom. The third kappa shape index (κ3) is 6.55.